The van der Waals surface area contributed by atoms with Gasteiger partial charge in [0, 0.05) is 43.9 Å². The maximum atomic E-state index is 13.4. The van der Waals surface area contributed by atoms with Gasteiger partial charge < -0.3 is 15.4 Å². The second kappa shape index (κ2) is 12.5. The number of rotatable bonds is 5. The van der Waals surface area contributed by atoms with Crippen LogP contribution < -0.4 is 5.73 Å². The zero-order chi connectivity index (χ0) is 34.4. The van der Waals surface area contributed by atoms with Crippen molar-refractivity contribution >= 4 is 38.2 Å². The van der Waals surface area contributed by atoms with Gasteiger partial charge in [-0.2, -0.15) is 26.7 Å². The van der Waals surface area contributed by atoms with E-state index in [1.54, 1.807) is 48.9 Å². The Morgan fingerprint density at radius 2 is 1.72 bits per heavy atom. The zero-order valence-corrected chi connectivity index (χ0v) is 27.5. The molecule has 10 nitrogen and oxygen atoms in total. The molecular weight excluding hydrogens is 656 g/mol. The van der Waals surface area contributed by atoms with Gasteiger partial charge in [0.25, 0.3) is 0 Å². The van der Waals surface area contributed by atoms with Gasteiger partial charge in [0.05, 0.1) is 17.6 Å². The second-order valence-corrected chi connectivity index (χ2v) is 13.8. The Hall–Kier alpha value is -4.73. The van der Waals surface area contributed by atoms with Crippen molar-refractivity contribution in [3.8, 4) is 28.1 Å². The number of halogens is 3. The number of thiophene rings is 1. The van der Waals surface area contributed by atoms with Crippen molar-refractivity contribution in [3.05, 3.63) is 93.3 Å². The molecule has 0 saturated heterocycles. The quantitative estimate of drug-likeness (QED) is 0.155. The van der Waals surface area contributed by atoms with E-state index in [9.17, 15) is 31.2 Å². The average molecular weight is 686 g/mol. The minimum absolute atomic E-state index is 0.167. The standard InChI is InChI=1S/C27H22F3N3O4S2.C5H8N2O/c1-14-9-22-24(16(3)31-14)25(18-5-4-6-19(12-18)27(28,29)30)32-33(22)13-17-7-8-20(23(34)11-17)21-10-15(2)38-26(21)39(35,36)37;1-3-4(2)8-7-5(3)6/h4-12,34H,13H2,1-3H3,(H,35,36,37);1-2H3,(H2,6,7). The number of aryl methyl sites for hydroxylation is 4. The van der Waals surface area contributed by atoms with Crippen LogP contribution >= 0.6 is 11.3 Å². The first-order valence-corrected chi connectivity index (χ1v) is 16.3. The summed E-state index contributed by atoms with van der Waals surface area (Å²) in [7, 11) is -4.49. The van der Waals surface area contributed by atoms with Crippen LogP contribution in [-0.2, 0) is 22.8 Å². The number of nitrogens with zero attached hydrogens (tertiary/aromatic N) is 4. The van der Waals surface area contributed by atoms with Crippen LogP contribution in [0.1, 0.15) is 38.7 Å². The second-order valence-electron chi connectivity index (χ2n) is 11.0. The first-order chi connectivity index (χ1) is 21.9. The molecule has 0 bridgehead atoms. The van der Waals surface area contributed by atoms with Gasteiger partial charge in [-0.3, -0.25) is 14.2 Å². The Kier molecular flexibility index (Phi) is 8.92. The van der Waals surface area contributed by atoms with E-state index in [1.165, 1.54) is 12.1 Å². The highest BCUT2D eigenvalue weighted by Gasteiger charge is 2.31. The Morgan fingerprint density at radius 3 is 2.30 bits per heavy atom. The molecule has 0 spiro atoms. The minimum atomic E-state index is -4.51. The third-order valence-electron chi connectivity index (χ3n) is 7.44. The number of alkyl halides is 3. The summed E-state index contributed by atoms with van der Waals surface area (Å²) in [5.41, 5.74) is 9.18. The Balaban J connectivity index is 0.000000474. The first-order valence-electron chi connectivity index (χ1n) is 14.0. The molecule has 0 saturated carbocycles. The van der Waals surface area contributed by atoms with Gasteiger partial charge in [-0.25, -0.2) is 0 Å². The van der Waals surface area contributed by atoms with Crippen molar-refractivity contribution < 1.29 is 35.8 Å². The molecule has 4 heterocycles. The molecule has 4 N–H and O–H groups in total. The van der Waals surface area contributed by atoms with E-state index in [0.29, 0.717) is 49.8 Å². The van der Waals surface area contributed by atoms with Crippen LogP contribution in [0.15, 0.2) is 63.3 Å². The van der Waals surface area contributed by atoms with Crippen molar-refractivity contribution in [1.82, 2.24) is 19.9 Å². The normalized spacial score (nSPS) is 11.9. The fraction of sp³-hybridized carbons (Fsp3) is 0.219. The Morgan fingerprint density at radius 1 is 1.00 bits per heavy atom. The van der Waals surface area contributed by atoms with Gasteiger partial charge in [-0.15, -0.1) is 11.3 Å². The van der Waals surface area contributed by atoms with Crippen molar-refractivity contribution in [3.63, 3.8) is 0 Å². The molecule has 6 rings (SSSR count). The van der Waals surface area contributed by atoms with Crippen molar-refractivity contribution in [2.45, 2.75) is 51.5 Å². The lowest BCUT2D eigenvalue weighted by atomic mass is 10.0. The molecule has 246 valence electrons. The molecule has 47 heavy (non-hydrogen) atoms. The molecule has 6 aromatic rings. The number of hydrogen-bond acceptors (Lipinski definition) is 9. The fourth-order valence-corrected chi connectivity index (χ4v) is 7.09. The smallest absolute Gasteiger partial charge is 0.416 e. The van der Waals surface area contributed by atoms with E-state index in [0.717, 1.165) is 34.8 Å². The molecule has 4 aromatic heterocycles. The zero-order valence-electron chi connectivity index (χ0n) is 25.8. The van der Waals surface area contributed by atoms with E-state index in [-0.39, 0.29) is 27.6 Å². The van der Waals surface area contributed by atoms with Gasteiger partial charge >= 0.3 is 16.3 Å². The summed E-state index contributed by atoms with van der Waals surface area (Å²) < 4.78 is 79.6. The Labute approximate surface area is 272 Å². The van der Waals surface area contributed by atoms with E-state index in [2.05, 4.69) is 15.2 Å². The van der Waals surface area contributed by atoms with Gasteiger partial charge in [0.15, 0.2) is 10.0 Å². The number of nitrogen functional groups attached to an aromatic ring is 1. The molecule has 2 aromatic carbocycles. The highest BCUT2D eigenvalue weighted by Crippen LogP contribution is 2.40. The monoisotopic (exact) mass is 685 g/mol. The molecule has 0 aliphatic heterocycles. The number of benzene rings is 2. The van der Waals surface area contributed by atoms with Crippen LogP contribution in [0.2, 0.25) is 0 Å². The highest BCUT2D eigenvalue weighted by molar-refractivity contribution is 7.88. The third kappa shape index (κ3) is 7.01. The molecule has 0 amide bonds. The summed E-state index contributed by atoms with van der Waals surface area (Å²) in [6.07, 6.45) is -4.51. The lowest BCUT2D eigenvalue weighted by Gasteiger charge is -2.09. The number of phenols is 1. The lowest BCUT2D eigenvalue weighted by molar-refractivity contribution is -0.137. The van der Waals surface area contributed by atoms with Gasteiger partial charge in [0.1, 0.15) is 17.2 Å². The molecule has 15 heteroatoms. The van der Waals surface area contributed by atoms with E-state index in [1.807, 2.05) is 20.8 Å². The molecule has 0 atom stereocenters. The number of nitrogens with two attached hydrogens (primary N) is 1. The van der Waals surface area contributed by atoms with Crippen LogP contribution in [0.25, 0.3) is 33.3 Å². The molecule has 0 aliphatic rings. The van der Waals surface area contributed by atoms with Crippen molar-refractivity contribution in [1.29, 1.82) is 0 Å². The molecule has 0 aliphatic carbocycles. The van der Waals surface area contributed by atoms with Crippen LogP contribution in [-0.4, -0.2) is 38.0 Å². The lowest BCUT2D eigenvalue weighted by Crippen LogP contribution is -2.05. The van der Waals surface area contributed by atoms with Crippen molar-refractivity contribution in [2.24, 2.45) is 0 Å². The number of phenolic OH excluding ortho intramolecular Hbond substituents is 1. The van der Waals surface area contributed by atoms with Gasteiger partial charge in [-0.1, -0.05) is 29.4 Å². The number of aromatic hydroxyl groups is 1. The number of hydrogen-bond donors (Lipinski definition) is 3. The van der Waals surface area contributed by atoms with Gasteiger partial charge in [-0.05, 0) is 70.5 Å². The van der Waals surface area contributed by atoms with Crippen molar-refractivity contribution in [2.75, 3.05) is 5.73 Å². The average Bonchev–Trinajstić information content (AvgIpc) is 3.64. The molecular formula is C32H30F3N5O5S2. The third-order valence-corrected chi connectivity index (χ3v) is 9.86. The SMILES string of the molecule is Cc1cc2c(c(C)n1)c(-c1cccc(C(F)(F)F)c1)nn2Cc1ccc(-c2cc(C)sc2S(=O)(=O)O)c(O)c1.Cc1onc(N)c1C. The van der Waals surface area contributed by atoms with Crippen LogP contribution in [0.5, 0.6) is 5.75 Å². The fourth-order valence-electron chi connectivity index (χ4n) is 5.08. The minimum Gasteiger partial charge on any atom is -0.507 e. The predicted molar refractivity (Wildman–Crippen MR) is 173 cm³/mol. The number of fused-ring (bicyclic) bond motifs is 1. The number of pyridine rings is 1. The number of aromatic nitrogens is 4. The number of anilines is 1. The summed E-state index contributed by atoms with van der Waals surface area (Å²) in [4.78, 5) is 5.13. The van der Waals surface area contributed by atoms with Crippen LogP contribution in [0.4, 0.5) is 19.0 Å². The maximum Gasteiger partial charge on any atom is 0.416 e. The van der Waals surface area contributed by atoms with Gasteiger partial charge in [0.2, 0.25) is 0 Å². The Bertz CT molecular complexity index is 2220. The molecule has 0 unspecified atom stereocenters. The van der Waals surface area contributed by atoms with Crippen LogP contribution in [0.3, 0.4) is 0 Å². The maximum absolute atomic E-state index is 13.4. The summed E-state index contributed by atoms with van der Waals surface area (Å²) in [6, 6.07) is 13.0. The topological polar surface area (TPSA) is 157 Å². The first kappa shape index (κ1) is 33.6. The predicted octanol–water partition coefficient (Wildman–Crippen LogP) is 7.65. The largest absolute Gasteiger partial charge is 0.507 e. The highest BCUT2D eigenvalue weighted by atomic mass is 32.3. The summed E-state index contributed by atoms with van der Waals surface area (Å²) in [5, 5.41) is 19.6. The molecule has 0 radical (unpaired) electrons. The summed E-state index contributed by atoms with van der Waals surface area (Å²) in [6.45, 7) is 9.15. The molecule has 0 fully saturated rings. The summed E-state index contributed by atoms with van der Waals surface area (Å²) in [5.74, 6) is 1.09. The van der Waals surface area contributed by atoms with E-state index < -0.39 is 21.9 Å². The van der Waals surface area contributed by atoms with E-state index >= 15 is 0 Å². The summed E-state index contributed by atoms with van der Waals surface area (Å²) >= 11 is 0.899. The van der Waals surface area contributed by atoms with Crippen LogP contribution in [0, 0.1) is 34.6 Å². The van der Waals surface area contributed by atoms with E-state index in [4.69, 9.17) is 10.3 Å².